The highest BCUT2D eigenvalue weighted by Gasteiger charge is 2.34. The Morgan fingerprint density at radius 1 is 0.952 bits per heavy atom. The molecule has 0 saturated carbocycles. The Morgan fingerprint density at radius 3 is 2.29 bits per heavy atom. The third-order valence-corrected chi connectivity index (χ3v) is 6.19. The molecule has 42 heavy (non-hydrogen) atoms. The molecular weight excluding hydrogens is 605 g/mol. The number of aromatic nitrogens is 3. The van der Waals surface area contributed by atoms with Gasteiger partial charge in [0, 0.05) is 24.2 Å². The predicted octanol–water partition coefficient (Wildman–Crippen LogP) is 8.08. The van der Waals surface area contributed by atoms with E-state index >= 15 is 0 Å². The molecule has 5 aromatic rings. The van der Waals surface area contributed by atoms with Gasteiger partial charge in [-0.15, -0.1) is 0 Å². The Morgan fingerprint density at radius 2 is 1.64 bits per heavy atom. The number of rotatable bonds is 6. The maximum atomic E-state index is 13.3. The molecule has 7 nitrogen and oxygen atoms in total. The van der Waals surface area contributed by atoms with Gasteiger partial charge in [0.2, 0.25) is 0 Å². The summed E-state index contributed by atoms with van der Waals surface area (Å²) in [4.78, 5) is 4.44. The van der Waals surface area contributed by atoms with Crippen LogP contribution in [-0.2, 0) is 17.7 Å². The summed E-state index contributed by atoms with van der Waals surface area (Å²) in [5, 5.41) is 3.70. The third kappa shape index (κ3) is 6.92. The summed E-state index contributed by atoms with van der Waals surface area (Å²) in [7, 11) is 0. The number of ether oxygens (including phenoxy) is 1. The minimum absolute atomic E-state index is 0.0285. The SMILES string of the molecule is Cc1cccc(-c2ccc(-n3ccc(C(F)(F)F)n3)c(-c3oc(C)nc3-c3ccc(Cl)c(OC(F)F)c3)c2)c1.O=S=O. The van der Waals surface area contributed by atoms with E-state index in [0.29, 0.717) is 11.1 Å². The molecule has 0 N–H and O–H groups in total. The van der Waals surface area contributed by atoms with Gasteiger partial charge >= 0.3 is 24.4 Å². The number of benzene rings is 3. The van der Waals surface area contributed by atoms with Crippen molar-refractivity contribution in [3.8, 4) is 45.1 Å². The van der Waals surface area contributed by atoms with Gasteiger partial charge in [-0.2, -0.15) is 35.5 Å². The molecule has 5 rings (SSSR count). The van der Waals surface area contributed by atoms with E-state index in [2.05, 4.69) is 14.8 Å². The van der Waals surface area contributed by atoms with Crippen LogP contribution in [0.25, 0.3) is 39.4 Å². The summed E-state index contributed by atoms with van der Waals surface area (Å²) in [6.07, 6.45) is -3.43. The quantitative estimate of drug-likeness (QED) is 0.178. The average molecular weight is 624 g/mol. The smallest absolute Gasteiger partial charge is 0.435 e. The van der Waals surface area contributed by atoms with Gasteiger partial charge in [-0.05, 0) is 48.4 Å². The van der Waals surface area contributed by atoms with E-state index < -0.39 is 30.1 Å². The molecule has 0 aliphatic rings. The van der Waals surface area contributed by atoms with Crippen molar-refractivity contribution in [1.82, 2.24) is 14.8 Å². The molecule has 3 aromatic carbocycles. The number of hydrogen-bond donors (Lipinski definition) is 0. The van der Waals surface area contributed by atoms with E-state index in [0.717, 1.165) is 27.4 Å². The first-order chi connectivity index (χ1) is 19.9. The molecule has 0 amide bonds. The first-order valence-corrected chi connectivity index (χ1v) is 12.9. The fourth-order valence-electron chi connectivity index (χ4n) is 4.17. The van der Waals surface area contributed by atoms with Gasteiger partial charge in [-0.3, -0.25) is 0 Å². The molecule has 0 aliphatic heterocycles. The van der Waals surface area contributed by atoms with E-state index in [4.69, 9.17) is 24.4 Å². The highest BCUT2D eigenvalue weighted by molar-refractivity contribution is 7.51. The van der Waals surface area contributed by atoms with Gasteiger partial charge in [0.15, 0.2) is 17.3 Å². The number of alkyl halides is 5. The normalized spacial score (nSPS) is 11.3. The predicted molar refractivity (Wildman–Crippen MR) is 145 cm³/mol. The molecule has 0 bridgehead atoms. The molecule has 0 spiro atoms. The fraction of sp³-hybridized carbons (Fsp3) is 0.143. The first-order valence-electron chi connectivity index (χ1n) is 11.9. The van der Waals surface area contributed by atoms with Crippen LogP contribution in [0, 0.1) is 13.8 Å². The molecule has 2 aromatic heterocycles. The molecule has 14 heteroatoms. The van der Waals surface area contributed by atoms with Crippen LogP contribution in [0.3, 0.4) is 0 Å². The van der Waals surface area contributed by atoms with E-state index in [1.54, 1.807) is 31.2 Å². The van der Waals surface area contributed by atoms with Crippen molar-refractivity contribution in [1.29, 1.82) is 0 Å². The van der Waals surface area contributed by atoms with E-state index in [1.165, 1.54) is 18.3 Å². The van der Waals surface area contributed by atoms with Crippen LogP contribution in [0.2, 0.25) is 5.02 Å². The summed E-state index contributed by atoms with van der Waals surface area (Å²) in [5.41, 5.74) is 2.87. The lowest BCUT2D eigenvalue weighted by Crippen LogP contribution is -2.07. The van der Waals surface area contributed by atoms with Crippen LogP contribution in [0.1, 0.15) is 17.1 Å². The van der Waals surface area contributed by atoms with Crippen LogP contribution in [0.5, 0.6) is 5.75 Å². The second kappa shape index (κ2) is 12.7. The number of oxazole rings is 1. The molecule has 0 fully saturated rings. The Bertz CT molecular complexity index is 1760. The maximum Gasteiger partial charge on any atom is 0.435 e. The molecular formula is C28H19ClF5N3O4S. The fourth-order valence-corrected chi connectivity index (χ4v) is 4.34. The summed E-state index contributed by atoms with van der Waals surface area (Å²) in [6, 6.07) is 18.0. The van der Waals surface area contributed by atoms with Gasteiger partial charge in [-0.25, -0.2) is 9.67 Å². The first kappa shape index (κ1) is 30.6. The minimum Gasteiger partial charge on any atom is -0.440 e. The molecule has 0 radical (unpaired) electrons. The average Bonchev–Trinajstić information content (AvgIpc) is 3.57. The minimum atomic E-state index is -4.63. The van der Waals surface area contributed by atoms with Gasteiger partial charge in [0.25, 0.3) is 0 Å². The largest absolute Gasteiger partial charge is 0.440 e. The van der Waals surface area contributed by atoms with Crippen molar-refractivity contribution in [2.75, 3.05) is 0 Å². The van der Waals surface area contributed by atoms with E-state index in [1.807, 2.05) is 31.2 Å². The number of halogens is 6. The van der Waals surface area contributed by atoms with Gasteiger partial charge in [0.1, 0.15) is 11.4 Å². The van der Waals surface area contributed by atoms with E-state index in [-0.39, 0.29) is 33.8 Å². The summed E-state index contributed by atoms with van der Waals surface area (Å²) in [6.45, 7) is 0.439. The van der Waals surface area contributed by atoms with Crippen molar-refractivity contribution in [3.05, 3.63) is 95.1 Å². The Kier molecular flexibility index (Phi) is 9.22. The van der Waals surface area contributed by atoms with Crippen molar-refractivity contribution in [2.24, 2.45) is 0 Å². The maximum absolute atomic E-state index is 13.3. The van der Waals surface area contributed by atoms with Crippen LogP contribution in [0.4, 0.5) is 22.0 Å². The molecule has 0 aliphatic carbocycles. The Labute approximate surface area is 244 Å². The second-order valence-corrected chi connectivity index (χ2v) is 9.29. The highest BCUT2D eigenvalue weighted by atomic mass is 35.5. The molecule has 0 atom stereocenters. The van der Waals surface area contributed by atoms with Crippen molar-refractivity contribution >= 4 is 23.2 Å². The Balaban J connectivity index is 0.00000129. The second-order valence-electron chi connectivity index (χ2n) is 8.75. The van der Waals surface area contributed by atoms with Gasteiger partial charge in [0.05, 0.1) is 10.7 Å². The monoisotopic (exact) mass is 623 g/mol. The van der Waals surface area contributed by atoms with Crippen molar-refractivity contribution in [3.63, 3.8) is 0 Å². The lowest BCUT2D eigenvalue weighted by molar-refractivity contribution is -0.141. The van der Waals surface area contributed by atoms with Gasteiger partial charge in [-0.1, -0.05) is 53.6 Å². The third-order valence-electron chi connectivity index (χ3n) is 5.87. The molecule has 218 valence electrons. The lowest BCUT2D eigenvalue weighted by atomic mass is 9.97. The van der Waals surface area contributed by atoms with Gasteiger partial charge < -0.3 is 9.15 Å². The summed E-state index contributed by atoms with van der Waals surface area (Å²) < 4.78 is 94.1. The zero-order valence-electron chi connectivity index (χ0n) is 21.7. The lowest BCUT2D eigenvalue weighted by Gasteiger charge is -2.13. The van der Waals surface area contributed by atoms with Crippen LogP contribution in [0.15, 0.2) is 77.3 Å². The zero-order chi connectivity index (χ0) is 30.6. The van der Waals surface area contributed by atoms with Crippen LogP contribution >= 0.6 is 11.6 Å². The zero-order valence-corrected chi connectivity index (χ0v) is 23.2. The molecule has 0 unspecified atom stereocenters. The highest BCUT2D eigenvalue weighted by Crippen LogP contribution is 2.41. The van der Waals surface area contributed by atoms with Crippen molar-refractivity contribution < 1.29 is 39.5 Å². The van der Waals surface area contributed by atoms with Crippen molar-refractivity contribution in [2.45, 2.75) is 26.6 Å². The summed E-state index contributed by atoms with van der Waals surface area (Å²) >= 11 is 5.28. The Hall–Kier alpha value is -4.36. The molecule has 0 saturated heterocycles. The van der Waals surface area contributed by atoms with Crippen LogP contribution in [-0.4, -0.2) is 29.8 Å². The topological polar surface area (TPSA) is 87.2 Å². The number of hydrogen-bond acceptors (Lipinski definition) is 6. The summed E-state index contributed by atoms with van der Waals surface area (Å²) in [5.74, 6) is 0.187. The standard InChI is InChI=1S/C28H19ClF5N3O2.O2S/c1-15-4-3-5-17(12-15)18-7-9-22(37-11-10-24(36-37)28(32,33)34)20(13-18)26-25(35-16(2)38-26)19-6-8-21(29)23(14-19)39-27(30)31;1-3-2/h3-14,27H,1-2H3;. The molecule has 2 heterocycles. The number of aryl methyl sites for hydroxylation is 2. The van der Waals surface area contributed by atoms with E-state index in [9.17, 15) is 22.0 Å². The van der Waals surface area contributed by atoms with Crippen LogP contribution < -0.4 is 4.74 Å². The number of nitrogens with zero attached hydrogens (tertiary/aromatic N) is 3.